The van der Waals surface area contributed by atoms with E-state index in [1.807, 2.05) is 13.0 Å². The fourth-order valence-corrected chi connectivity index (χ4v) is 3.01. The van der Waals surface area contributed by atoms with Gasteiger partial charge in [-0.1, -0.05) is 18.2 Å². The van der Waals surface area contributed by atoms with Crippen molar-refractivity contribution in [1.82, 2.24) is 4.98 Å². The highest BCUT2D eigenvalue weighted by atomic mass is 16.5. The quantitative estimate of drug-likeness (QED) is 0.871. The van der Waals surface area contributed by atoms with E-state index in [9.17, 15) is 4.79 Å². The number of H-pyrrole nitrogens is 1. The van der Waals surface area contributed by atoms with Gasteiger partial charge in [-0.3, -0.25) is 4.79 Å². The molecule has 1 aliphatic rings. The molecule has 0 spiro atoms. The van der Waals surface area contributed by atoms with E-state index in [1.54, 1.807) is 0 Å². The van der Waals surface area contributed by atoms with Crippen LogP contribution in [0, 0.1) is 6.92 Å². The monoisotopic (exact) mass is 259 g/mol. The predicted molar refractivity (Wildman–Crippen MR) is 72.3 cm³/mol. The summed E-state index contributed by atoms with van der Waals surface area (Å²) in [6, 6.07) is 6.18. The Labute approximate surface area is 111 Å². The van der Waals surface area contributed by atoms with Gasteiger partial charge in [0.2, 0.25) is 0 Å². The third kappa shape index (κ3) is 1.83. The second-order valence-electron chi connectivity index (χ2n) is 5.38. The van der Waals surface area contributed by atoms with E-state index in [0.29, 0.717) is 6.61 Å². The van der Waals surface area contributed by atoms with Gasteiger partial charge in [-0.15, -0.1) is 0 Å². The Morgan fingerprint density at radius 1 is 1.53 bits per heavy atom. The van der Waals surface area contributed by atoms with Gasteiger partial charge in [0.15, 0.2) is 0 Å². The summed E-state index contributed by atoms with van der Waals surface area (Å²) >= 11 is 0. The minimum absolute atomic E-state index is 0.0220. The second-order valence-corrected chi connectivity index (χ2v) is 5.38. The van der Waals surface area contributed by atoms with Gasteiger partial charge >= 0.3 is 5.97 Å². The Kier molecular flexibility index (Phi) is 2.64. The number of hydrogen-bond donors (Lipinski definition) is 2. The Morgan fingerprint density at radius 2 is 2.32 bits per heavy atom. The summed E-state index contributed by atoms with van der Waals surface area (Å²) in [6.07, 6.45) is 0.805. The number of carboxylic acids is 1. The lowest BCUT2D eigenvalue weighted by Crippen LogP contribution is -2.34. The van der Waals surface area contributed by atoms with Crippen molar-refractivity contribution >= 4 is 16.9 Å². The molecule has 100 valence electrons. The minimum Gasteiger partial charge on any atom is -0.481 e. The fraction of sp³-hybridized carbons (Fsp3) is 0.400. The molecular weight excluding hydrogens is 242 g/mol. The maximum absolute atomic E-state index is 11.1. The molecule has 4 heteroatoms. The fourth-order valence-electron chi connectivity index (χ4n) is 3.01. The standard InChI is InChI=1S/C15H17NO3/c1-9-4-3-5-10-11-6-7-19-15(2,8-12(17)18)14(11)16-13(9)10/h3-5,16H,6-8H2,1-2H3,(H,17,18). The van der Waals surface area contributed by atoms with Crippen LogP contribution in [0.25, 0.3) is 10.9 Å². The van der Waals surface area contributed by atoms with Crippen LogP contribution in [0.15, 0.2) is 18.2 Å². The molecular formula is C15H17NO3. The van der Waals surface area contributed by atoms with Crippen molar-refractivity contribution in [2.24, 2.45) is 0 Å². The van der Waals surface area contributed by atoms with Gasteiger partial charge in [0.05, 0.1) is 18.7 Å². The van der Waals surface area contributed by atoms with Crippen molar-refractivity contribution in [1.29, 1.82) is 0 Å². The molecule has 1 atom stereocenters. The average Bonchev–Trinajstić information content (AvgIpc) is 2.70. The Morgan fingerprint density at radius 3 is 3.05 bits per heavy atom. The highest BCUT2D eigenvalue weighted by molar-refractivity contribution is 5.88. The zero-order valence-electron chi connectivity index (χ0n) is 11.1. The lowest BCUT2D eigenvalue weighted by molar-refractivity contribution is -0.146. The number of benzene rings is 1. The number of carbonyl (C=O) groups is 1. The number of aryl methyl sites for hydroxylation is 1. The smallest absolute Gasteiger partial charge is 0.306 e. The van der Waals surface area contributed by atoms with Gasteiger partial charge < -0.3 is 14.8 Å². The van der Waals surface area contributed by atoms with Crippen LogP contribution in [0.1, 0.15) is 30.2 Å². The SMILES string of the molecule is Cc1cccc2c3c([nH]c12)C(C)(CC(=O)O)OCC3. The molecule has 4 nitrogen and oxygen atoms in total. The van der Waals surface area contributed by atoms with Crippen LogP contribution in [-0.2, 0) is 21.6 Å². The van der Waals surface area contributed by atoms with Gasteiger partial charge in [-0.2, -0.15) is 0 Å². The van der Waals surface area contributed by atoms with Crippen molar-refractivity contribution < 1.29 is 14.6 Å². The predicted octanol–water partition coefficient (Wildman–Crippen LogP) is 2.74. The molecule has 0 fully saturated rings. The van der Waals surface area contributed by atoms with E-state index in [2.05, 4.69) is 24.0 Å². The van der Waals surface area contributed by atoms with E-state index in [1.165, 1.54) is 16.5 Å². The van der Waals surface area contributed by atoms with Crippen LogP contribution in [0.5, 0.6) is 0 Å². The summed E-state index contributed by atoms with van der Waals surface area (Å²) < 4.78 is 5.76. The molecule has 2 heterocycles. The number of para-hydroxylation sites is 1. The van der Waals surface area contributed by atoms with Gasteiger partial charge in [0.25, 0.3) is 0 Å². The zero-order chi connectivity index (χ0) is 13.6. The first-order valence-electron chi connectivity index (χ1n) is 6.48. The van der Waals surface area contributed by atoms with E-state index in [4.69, 9.17) is 9.84 Å². The van der Waals surface area contributed by atoms with E-state index in [-0.39, 0.29) is 6.42 Å². The third-order valence-electron chi connectivity index (χ3n) is 3.94. The lowest BCUT2D eigenvalue weighted by Gasteiger charge is -2.32. The van der Waals surface area contributed by atoms with Crippen molar-refractivity contribution in [3.8, 4) is 0 Å². The number of aromatic amines is 1. The van der Waals surface area contributed by atoms with E-state index < -0.39 is 11.6 Å². The number of ether oxygens (including phenoxy) is 1. The first-order chi connectivity index (χ1) is 9.01. The number of carboxylic acid groups (broad SMARTS) is 1. The third-order valence-corrected chi connectivity index (χ3v) is 3.94. The number of nitrogens with one attached hydrogen (secondary N) is 1. The summed E-state index contributed by atoms with van der Waals surface area (Å²) in [5.74, 6) is -0.842. The molecule has 0 saturated heterocycles. The van der Waals surface area contributed by atoms with E-state index >= 15 is 0 Å². The Bertz CT molecular complexity index is 659. The molecule has 2 N–H and O–H groups in total. The first kappa shape index (κ1) is 12.2. The molecule has 0 radical (unpaired) electrons. The zero-order valence-corrected chi connectivity index (χ0v) is 11.1. The largest absolute Gasteiger partial charge is 0.481 e. The summed E-state index contributed by atoms with van der Waals surface area (Å²) in [6.45, 7) is 4.47. The number of hydrogen-bond acceptors (Lipinski definition) is 2. The molecule has 0 amide bonds. The van der Waals surface area contributed by atoms with Crippen LogP contribution in [0.4, 0.5) is 0 Å². The van der Waals surface area contributed by atoms with Crippen molar-refractivity contribution in [2.45, 2.75) is 32.3 Å². The number of fused-ring (bicyclic) bond motifs is 3. The Balaban J connectivity index is 2.23. The number of rotatable bonds is 2. The molecule has 1 aliphatic heterocycles. The minimum atomic E-state index is -0.842. The van der Waals surface area contributed by atoms with Gasteiger partial charge in [0.1, 0.15) is 5.60 Å². The molecule has 0 aliphatic carbocycles. The van der Waals surface area contributed by atoms with Crippen LogP contribution in [0.3, 0.4) is 0 Å². The average molecular weight is 259 g/mol. The van der Waals surface area contributed by atoms with Gasteiger partial charge in [0, 0.05) is 10.9 Å². The molecule has 0 bridgehead atoms. The van der Waals surface area contributed by atoms with Crippen LogP contribution < -0.4 is 0 Å². The maximum atomic E-state index is 11.1. The molecule has 1 aromatic carbocycles. The second kappa shape index (κ2) is 4.10. The van der Waals surface area contributed by atoms with Gasteiger partial charge in [-0.25, -0.2) is 0 Å². The molecule has 2 aromatic rings. The molecule has 19 heavy (non-hydrogen) atoms. The van der Waals surface area contributed by atoms with Gasteiger partial charge in [-0.05, 0) is 31.4 Å². The van der Waals surface area contributed by atoms with Crippen molar-refractivity contribution in [3.05, 3.63) is 35.0 Å². The summed E-state index contributed by atoms with van der Waals surface area (Å²) in [5, 5.41) is 10.3. The van der Waals surface area contributed by atoms with E-state index in [0.717, 1.165) is 17.6 Å². The lowest BCUT2D eigenvalue weighted by atomic mass is 9.90. The summed E-state index contributed by atoms with van der Waals surface area (Å²) in [5.41, 5.74) is 3.63. The maximum Gasteiger partial charge on any atom is 0.306 e. The number of aromatic nitrogens is 1. The normalized spacial score (nSPS) is 22.4. The first-order valence-corrected chi connectivity index (χ1v) is 6.48. The number of aliphatic carboxylic acids is 1. The topological polar surface area (TPSA) is 62.3 Å². The highest BCUT2D eigenvalue weighted by Gasteiger charge is 2.38. The molecule has 0 saturated carbocycles. The van der Waals surface area contributed by atoms with Crippen LogP contribution in [0.2, 0.25) is 0 Å². The van der Waals surface area contributed by atoms with Crippen molar-refractivity contribution in [2.75, 3.05) is 6.61 Å². The molecule has 3 rings (SSSR count). The highest BCUT2D eigenvalue weighted by Crippen LogP contribution is 2.39. The summed E-state index contributed by atoms with van der Waals surface area (Å²) in [7, 11) is 0. The van der Waals surface area contributed by atoms with Crippen LogP contribution in [-0.4, -0.2) is 22.7 Å². The van der Waals surface area contributed by atoms with Crippen LogP contribution >= 0.6 is 0 Å². The molecule has 1 aromatic heterocycles. The molecule has 1 unspecified atom stereocenters. The van der Waals surface area contributed by atoms with Crippen molar-refractivity contribution in [3.63, 3.8) is 0 Å². The Hall–Kier alpha value is -1.81. The summed E-state index contributed by atoms with van der Waals surface area (Å²) in [4.78, 5) is 14.5.